The van der Waals surface area contributed by atoms with Crippen molar-refractivity contribution in [3.05, 3.63) is 41.7 Å². The van der Waals surface area contributed by atoms with E-state index >= 15 is 0 Å². The van der Waals surface area contributed by atoms with Gasteiger partial charge in [0.2, 0.25) is 0 Å². The third-order valence-electron chi connectivity index (χ3n) is 5.31. The molecule has 10 heteroatoms. The molecule has 1 saturated heterocycles. The first kappa shape index (κ1) is 22.5. The number of aromatic hydroxyl groups is 1. The molecule has 0 bridgehead atoms. The van der Waals surface area contributed by atoms with Crippen molar-refractivity contribution in [2.45, 2.75) is 31.7 Å². The van der Waals surface area contributed by atoms with Crippen LogP contribution in [0.3, 0.4) is 0 Å². The Balaban J connectivity index is 1.32. The van der Waals surface area contributed by atoms with Crippen molar-refractivity contribution in [2.75, 3.05) is 39.5 Å². The Labute approximate surface area is 183 Å². The minimum absolute atomic E-state index is 0.00428. The van der Waals surface area contributed by atoms with Gasteiger partial charge in [-0.2, -0.15) is 0 Å². The molecule has 4 rings (SSSR count). The van der Waals surface area contributed by atoms with Crippen LogP contribution >= 0.6 is 0 Å². The summed E-state index contributed by atoms with van der Waals surface area (Å²) in [6.45, 7) is 4.54. The summed E-state index contributed by atoms with van der Waals surface area (Å²) in [5.74, 6) is 0.764. The SMILES string of the molecule is Oc1cc(OCCN2CCOCC2)cc2c1N=C(OC1C=CC(OC(F)(F)F)=CC1)CC2. The molecule has 3 aliphatic rings. The summed E-state index contributed by atoms with van der Waals surface area (Å²) in [5.41, 5.74) is 1.29. The Morgan fingerprint density at radius 1 is 1.19 bits per heavy atom. The largest absolute Gasteiger partial charge is 0.573 e. The Morgan fingerprint density at radius 2 is 2.00 bits per heavy atom. The van der Waals surface area contributed by atoms with Gasteiger partial charge in [-0.3, -0.25) is 4.90 Å². The number of alkyl halides is 3. The first-order chi connectivity index (χ1) is 15.4. The molecule has 2 aliphatic heterocycles. The van der Waals surface area contributed by atoms with Crippen LogP contribution in [0.1, 0.15) is 18.4 Å². The van der Waals surface area contributed by atoms with Gasteiger partial charge in [0, 0.05) is 38.5 Å². The summed E-state index contributed by atoms with van der Waals surface area (Å²) in [4.78, 5) is 6.68. The van der Waals surface area contributed by atoms with E-state index in [1.54, 1.807) is 0 Å². The van der Waals surface area contributed by atoms with Crippen LogP contribution in [-0.2, 0) is 20.6 Å². The van der Waals surface area contributed by atoms with Crippen molar-refractivity contribution in [3.63, 3.8) is 0 Å². The van der Waals surface area contributed by atoms with Crippen LogP contribution in [0.25, 0.3) is 0 Å². The van der Waals surface area contributed by atoms with Crippen LogP contribution in [0, 0.1) is 0 Å². The first-order valence-electron chi connectivity index (χ1n) is 10.5. The summed E-state index contributed by atoms with van der Waals surface area (Å²) in [6.07, 6.45) is 0.260. The zero-order valence-electron chi connectivity index (χ0n) is 17.4. The minimum Gasteiger partial charge on any atom is -0.506 e. The maximum absolute atomic E-state index is 12.3. The number of morpholine rings is 1. The van der Waals surface area contributed by atoms with Crippen LogP contribution in [0.2, 0.25) is 0 Å². The fraction of sp³-hybridized carbons (Fsp3) is 0.500. The fourth-order valence-electron chi connectivity index (χ4n) is 3.73. The molecule has 1 aromatic rings. The number of hydrogen-bond donors (Lipinski definition) is 1. The lowest BCUT2D eigenvalue weighted by Crippen LogP contribution is -2.38. The molecule has 1 aliphatic carbocycles. The third kappa shape index (κ3) is 6.17. The van der Waals surface area contributed by atoms with E-state index in [9.17, 15) is 18.3 Å². The van der Waals surface area contributed by atoms with Crippen LogP contribution in [0.15, 0.2) is 41.1 Å². The van der Waals surface area contributed by atoms with Gasteiger partial charge in [0.1, 0.15) is 35.7 Å². The fourth-order valence-corrected chi connectivity index (χ4v) is 3.73. The summed E-state index contributed by atoms with van der Waals surface area (Å²) in [5, 5.41) is 10.4. The number of fused-ring (bicyclic) bond motifs is 1. The standard InChI is InChI=1S/C22H25F3N2O5/c23-22(24,25)32-17-4-2-16(3-5-17)31-20-6-1-15-13-18(14-19(28)21(15)26-20)30-12-9-27-7-10-29-11-8-27/h2,4-5,13-14,16,28H,1,3,6-12H2. The molecule has 0 aromatic heterocycles. The molecule has 1 N–H and O–H groups in total. The van der Waals surface area contributed by atoms with E-state index < -0.39 is 12.5 Å². The van der Waals surface area contributed by atoms with Gasteiger partial charge in [0.05, 0.1) is 13.2 Å². The molecule has 2 heterocycles. The van der Waals surface area contributed by atoms with Gasteiger partial charge in [0.25, 0.3) is 0 Å². The van der Waals surface area contributed by atoms with Crippen LogP contribution < -0.4 is 4.74 Å². The number of aliphatic imine (C=N–C) groups is 1. The summed E-state index contributed by atoms with van der Waals surface area (Å²) >= 11 is 0. The molecule has 1 fully saturated rings. The highest BCUT2D eigenvalue weighted by molar-refractivity contribution is 5.84. The van der Waals surface area contributed by atoms with E-state index in [1.165, 1.54) is 24.3 Å². The van der Waals surface area contributed by atoms with E-state index in [-0.39, 0.29) is 17.9 Å². The lowest BCUT2D eigenvalue weighted by Gasteiger charge is -2.26. The van der Waals surface area contributed by atoms with E-state index in [0.29, 0.717) is 36.8 Å². The van der Waals surface area contributed by atoms with Crippen molar-refractivity contribution in [2.24, 2.45) is 4.99 Å². The lowest BCUT2D eigenvalue weighted by molar-refractivity contribution is -0.303. The second-order valence-electron chi connectivity index (χ2n) is 7.66. The predicted octanol–water partition coefficient (Wildman–Crippen LogP) is 3.84. The van der Waals surface area contributed by atoms with Gasteiger partial charge in [0.15, 0.2) is 5.90 Å². The number of phenolic OH excluding ortho intramolecular Hbond substituents is 1. The molecule has 1 unspecified atom stereocenters. The van der Waals surface area contributed by atoms with Gasteiger partial charge < -0.3 is 24.1 Å². The number of aryl methyl sites for hydroxylation is 1. The highest BCUT2D eigenvalue weighted by Gasteiger charge is 2.32. The Hall–Kier alpha value is -2.72. The third-order valence-corrected chi connectivity index (χ3v) is 5.31. The Bertz CT molecular complexity index is 908. The number of benzene rings is 1. The van der Waals surface area contributed by atoms with Crippen molar-refractivity contribution in [3.8, 4) is 11.5 Å². The van der Waals surface area contributed by atoms with E-state index in [2.05, 4.69) is 14.6 Å². The molecule has 1 aromatic carbocycles. The number of phenols is 1. The minimum atomic E-state index is -4.72. The van der Waals surface area contributed by atoms with E-state index in [0.717, 1.165) is 38.4 Å². The molecule has 1 atom stereocenters. The average molecular weight is 454 g/mol. The van der Waals surface area contributed by atoms with Crippen LogP contribution in [0.4, 0.5) is 18.9 Å². The molecule has 0 saturated carbocycles. The number of ether oxygens (including phenoxy) is 4. The van der Waals surface area contributed by atoms with Gasteiger partial charge in [-0.05, 0) is 36.3 Å². The number of hydrogen-bond acceptors (Lipinski definition) is 7. The van der Waals surface area contributed by atoms with Crippen molar-refractivity contribution >= 4 is 11.6 Å². The zero-order valence-corrected chi connectivity index (χ0v) is 17.4. The molecule has 0 spiro atoms. The molecule has 0 radical (unpaired) electrons. The van der Waals surface area contributed by atoms with Gasteiger partial charge in [-0.1, -0.05) is 0 Å². The number of allylic oxidation sites excluding steroid dienone is 1. The van der Waals surface area contributed by atoms with Crippen LogP contribution in [-0.4, -0.2) is 67.8 Å². The second kappa shape index (κ2) is 9.83. The van der Waals surface area contributed by atoms with Crippen LogP contribution in [0.5, 0.6) is 11.5 Å². The topological polar surface area (TPSA) is 72.8 Å². The molecule has 7 nitrogen and oxygen atoms in total. The quantitative estimate of drug-likeness (QED) is 0.704. The van der Waals surface area contributed by atoms with Crippen molar-refractivity contribution < 1.29 is 37.2 Å². The Morgan fingerprint density at radius 3 is 2.72 bits per heavy atom. The van der Waals surface area contributed by atoms with Crippen molar-refractivity contribution in [1.29, 1.82) is 0 Å². The second-order valence-corrected chi connectivity index (χ2v) is 7.66. The zero-order chi connectivity index (χ0) is 22.6. The van der Waals surface area contributed by atoms with Gasteiger partial charge in [-0.25, -0.2) is 4.99 Å². The molecular formula is C22H25F3N2O5. The van der Waals surface area contributed by atoms with E-state index in [4.69, 9.17) is 14.2 Å². The monoisotopic (exact) mass is 454 g/mol. The predicted molar refractivity (Wildman–Crippen MR) is 110 cm³/mol. The number of rotatable bonds is 6. The molecule has 0 amide bonds. The normalized spacial score (nSPS) is 21.4. The average Bonchev–Trinajstić information content (AvgIpc) is 2.75. The maximum Gasteiger partial charge on any atom is 0.573 e. The van der Waals surface area contributed by atoms with Crippen molar-refractivity contribution in [1.82, 2.24) is 4.90 Å². The Kier molecular flexibility index (Phi) is 6.90. The summed E-state index contributed by atoms with van der Waals surface area (Å²) < 4.78 is 57.7. The number of nitrogens with zero attached hydrogens (tertiary/aromatic N) is 2. The maximum atomic E-state index is 12.3. The summed E-state index contributed by atoms with van der Waals surface area (Å²) in [6, 6.07) is 3.41. The highest BCUT2D eigenvalue weighted by atomic mass is 19.4. The smallest absolute Gasteiger partial charge is 0.506 e. The molecular weight excluding hydrogens is 429 g/mol. The summed E-state index contributed by atoms with van der Waals surface area (Å²) in [7, 11) is 0. The number of halogens is 3. The van der Waals surface area contributed by atoms with E-state index in [1.807, 2.05) is 6.07 Å². The highest BCUT2D eigenvalue weighted by Crippen LogP contribution is 2.39. The van der Waals surface area contributed by atoms with Gasteiger partial charge >= 0.3 is 6.36 Å². The first-order valence-corrected chi connectivity index (χ1v) is 10.5. The molecule has 174 valence electrons. The lowest BCUT2D eigenvalue weighted by atomic mass is 10.0. The molecule has 32 heavy (non-hydrogen) atoms. The van der Waals surface area contributed by atoms with Gasteiger partial charge in [-0.15, -0.1) is 13.2 Å².